The van der Waals surface area contributed by atoms with E-state index in [2.05, 4.69) is 19.1 Å². The van der Waals surface area contributed by atoms with Gasteiger partial charge in [0.25, 0.3) is 0 Å². The van der Waals surface area contributed by atoms with Gasteiger partial charge in [0.15, 0.2) is 6.29 Å². The Kier molecular flexibility index (Phi) is 5.98. The quantitative estimate of drug-likeness (QED) is 0.758. The molecule has 22 heavy (non-hydrogen) atoms. The van der Waals surface area contributed by atoms with Crippen LogP contribution >= 0.6 is 0 Å². The van der Waals surface area contributed by atoms with Crippen molar-refractivity contribution in [2.24, 2.45) is 17.8 Å². The van der Waals surface area contributed by atoms with E-state index in [9.17, 15) is 4.79 Å². The van der Waals surface area contributed by atoms with Gasteiger partial charge in [0.2, 0.25) is 0 Å². The van der Waals surface area contributed by atoms with E-state index in [1.54, 1.807) is 7.11 Å². The Morgan fingerprint density at radius 3 is 2.55 bits per heavy atom. The van der Waals surface area contributed by atoms with Gasteiger partial charge in [0, 0.05) is 18.9 Å². The minimum absolute atomic E-state index is 0.00857. The topological polar surface area (TPSA) is 44.8 Å². The Bertz CT molecular complexity index is 473. The molecule has 1 saturated heterocycles. The van der Waals surface area contributed by atoms with Crippen LogP contribution < -0.4 is 0 Å². The van der Waals surface area contributed by atoms with Gasteiger partial charge in [-0.15, -0.1) is 0 Å². The summed E-state index contributed by atoms with van der Waals surface area (Å²) in [6.45, 7) is 4.00. The first-order valence-corrected chi connectivity index (χ1v) is 7.88. The van der Waals surface area contributed by atoms with Gasteiger partial charge < -0.3 is 14.2 Å². The lowest BCUT2D eigenvalue weighted by Crippen LogP contribution is -2.32. The summed E-state index contributed by atoms with van der Waals surface area (Å²) < 4.78 is 16.4. The summed E-state index contributed by atoms with van der Waals surface area (Å²) in [5.41, 5.74) is 1.28. The fraction of sp³-hybridized carbons (Fsp3) is 0.611. The van der Waals surface area contributed by atoms with Gasteiger partial charge in [-0.1, -0.05) is 44.2 Å². The third-order valence-corrected chi connectivity index (χ3v) is 4.72. The molecule has 1 aromatic carbocycles. The largest absolute Gasteiger partial charge is 0.469 e. The highest BCUT2D eigenvalue weighted by Crippen LogP contribution is 2.40. The molecule has 1 aliphatic rings. The normalized spacial score (nSPS) is 29.3. The van der Waals surface area contributed by atoms with Crippen molar-refractivity contribution < 1.29 is 19.0 Å². The predicted molar refractivity (Wildman–Crippen MR) is 84.3 cm³/mol. The van der Waals surface area contributed by atoms with Crippen LogP contribution in [0.2, 0.25) is 0 Å². The zero-order chi connectivity index (χ0) is 16.1. The second-order valence-corrected chi connectivity index (χ2v) is 6.05. The van der Waals surface area contributed by atoms with E-state index in [0.29, 0.717) is 0 Å². The highest BCUT2D eigenvalue weighted by molar-refractivity contribution is 5.72. The van der Waals surface area contributed by atoms with Gasteiger partial charge in [-0.25, -0.2) is 0 Å². The average molecular weight is 306 g/mol. The molecule has 1 heterocycles. The zero-order valence-electron chi connectivity index (χ0n) is 13.8. The van der Waals surface area contributed by atoms with Crippen LogP contribution in [-0.4, -0.2) is 32.6 Å². The highest BCUT2D eigenvalue weighted by atomic mass is 16.7. The van der Waals surface area contributed by atoms with Crippen molar-refractivity contribution >= 4 is 5.97 Å². The lowest BCUT2D eigenvalue weighted by Gasteiger charge is -2.25. The molecule has 0 unspecified atom stereocenters. The summed E-state index contributed by atoms with van der Waals surface area (Å²) in [5.74, 6) is -0.0937. The molecular formula is C18H26O4. The summed E-state index contributed by atoms with van der Waals surface area (Å²) in [5, 5.41) is 0. The zero-order valence-corrected chi connectivity index (χ0v) is 13.8. The predicted octanol–water partition coefficient (Wildman–Crippen LogP) is 3.05. The number of hydrogen-bond donors (Lipinski definition) is 0. The van der Waals surface area contributed by atoms with E-state index in [1.165, 1.54) is 12.7 Å². The van der Waals surface area contributed by atoms with E-state index in [0.717, 1.165) is 12.8 Å². The Labute approximate surface area is 132 Å². The SMILES string of the molecule is COC(=O)[C@@H](C)[C@H]1[C@H](C)[C@H](OC)O[C@@H]1CCc1ccccc1. The van der Waals surface area contributed by atoms with Crippen LogP contribution in [0, 0.1) is 17.8 Å². The summed E-state index contributed by atoms with van der Waals surface area (Å²) in [4.78, 5) is 11.9. The lowest BCUT2D eigenvalue weighted by molar-refractivity contribution is -0.148. The molecule has 1 aliphatic heterocycles. The second-order valence-electron chi connectivity index (χ2n) is 6.05. The smallest absolute Gasteiger partial charge is 0.308 e. The number of aryl methyl sites for hydroxylation is 1. The Morgan fingerprint density at radius 1 is 1.27 bits per heavy atom. The maximum absolute atomic E-state index is 11.9. The van der Waals surface area contributed by atoms with E-state index >= 15 is 0 Å². The van der Waals surface area contributed by atoms with Crippen LogP contribution in [0.5, 0.6) is 0 Å². The molecule has 122 valence electrons. The van der Waals surface area contributed by atoms with Crippen molar-refractivity contribution in [2.45, 2.75) is 39.1 Å². The maximum Gasteiger partial charge on any atom is 0.308 e. The highest BCUT2D eigenvalue weighted by Gasteiger charge is 2.46. The Balaban J connectivity index is 2.07. The number of rotatable bonds is 6. The van der Waals surface area contributed by atoms with Crippen LogP contribution in [0.15, 0.2) is 30.3 Å². The third kappa shape index (κ3) is 3.68. The first kappa shape index (κ1) is 17.0. The summed E-state index contributed by atoms with van der Waals surface area (Å²) in [7, 11) is 3.09. The van der Waals surface area contributed by atoms with Crippen LogP contribution in [0.1, 0.15) is 25.8 Å². The molecule has 1 fully saturated rings. The van der Waals surface area contributed by atoms with E-state index in [-0.39, 0.29) is 36.1 Å². The first-order chi connectivity index (χ1) is 10.6. The van der Waals surface area contributed by atoms with Gasteiger partial charge >= 0.3 is 5.97 Å². The molecule has 0 amide bonds. The maximum atomic E-state index is 11.9. The fourth-order valence-electron chi connectivity index (χ4n) is 3.51. The minimum atomic E-state index is -0.252. The van der Waals surface area contributed by atoms with Crippen molar-refractivity contribution in [1.29, 1.82) is 0 Å². The minimum Gasteiger partial charge on any atom is -0.469 e. The molecule has 4 nitrogen and oxygen atoms in total. The van der Waals surface area contributed by atoms with E-state index in [4.69, 9.17) is 14.2 Å². The van der Waals surface area contributed by atoms with E-state index < -0.39 is 0 Å². The van der Waals surface area contributed by atoms with Gasteiger partial charge in [0.1, 0.15) is 0 Å². The molecule has 4 heteroatoms. The monoisotopic (exact) mass is 306 g/mol. The molecule has 0 saturated carbocycles. The Morgan fingerprint density at radius 2 is 1.95 bits per heavy atom. The molecule has 5 atom stereocenters. The van der Waals surface area contributed by atoms with Gasteiger partial charge in [0.05, 0.1) is 19.1 Å². The first-order valence-electron chi connectivity index (χ1n) is 7.88. The molecule has 1 aromatic rings. The summed E-state index contributed by atoms with van der Waals surface area (Å²) in [6, 6.07) is 10.3. The van der Waals surface area contributed by atoms with Crippen molar-refractivity contribution in [1.82, 2.24) is 0 Å². The molecule has 0 bridgehead atoms. The van der Waals surface area contributed by atoms with Crippen LogP contribution in [0.25, 0.3) is 0 Å². The molecule has 0 N–H and O–H groups in total. The van der Waals surface area contributed by atoms with Crippen molar-refractivity contribution in [3.05, 3.63) is 35.9 Å². The second kappa shape index (κ2) is 7.75. The third-order valence-electron chi connectivity index (χ3n) is 4.72. The number of benzene rings is 1. The van der Waals surface area contributed by atoms with Crippen molar-refractivity contribution in [3.63, 3.8) is 0 Å². The van der Waals surface area contributed by atoms with Gasteiger partial charge in [-0.05, 0) is 18.4 Å². The van der Waals surface area contributed by atoms with Crippen molar-refractivity contribution in [2.75, 3.05) is 14.2 Å². The molecule has 0 spiro atoms. The molecule has 2 rings (SSSR count). The molecular weight excluding hydrogens is 280 g/mol. The number of carbonyl (C=O) groups is 1. The summed E-state index contributed by atoms with van der Waals surface area (Å²) in [6.07, 6.45) is 1.56. The van der Waals surface area contributed by atoms with Crippen LogP contribution in [-0.2, 0) is 25.4 Å². The number of ether oxygens (including phenoxy) is 3. The molecule has 0 radical (unpaired) electrons. The number of esters is 1. The molecule has 0 aromatic heterocycles. The number of carbonyl (C=O) groups excluding carboxylic acids is 1. The average Bonchev–Trinajstić information content (AvgIpc) is 2.88. The van der Waals surface area contributed by atoms with Crippen molar-refractivity contribution in [3.8, 4) is 0 Å². The Hall–Kier alpha value is -1.39. The standard InChI is InChI=1S/C18H26O4/c1-12(17(19)20-3)16-13(2)18(21-4)22-15(16)11-10-14-8-6-5-7-9-14/h5-9,12-13,15-16,18H,10-11H2,1-4H3/t12-,13-,15+,16-,18+/m0/s1. The number of methoxy groups -OCH3 is 2. The lowest BCUT2D eigenvalue weighted by atomic mass is 9.79. The molecule has 0 aliphatic carbocycles. The van der Waals surface area contributed by atoms with Gasteiger partial charge in [-0.3, -0.25) is 4.79 Å². The summed E-state index contributed by atoms with van der Waals surface area (Å²) >= 11 is 0. The van der Waals surface area contributed by atoms with Crippen LogP contribution in [0.4, 0.5) is 0 Å². The van der Waals surface area contributed by atoms with Crippen LogP contribution in [0.3, 0.4) is 0 Å². The van der Waals surface area contributed by atoms with Gasteiger partial charge in [-0.2, -0.15) is 0 Å². The van der Waals surface area contributed by atoms with E-state index in [1.807, 2.05) is 25.1 Å². The number of hydrogen-bond acceptors (Lipinski definition) is 4. The fourth-order valence-corrected chi connectivity index (χ4v) is 3.51.